The molecule has 0 aliphatic rings. The summed E-state index contributed by atoms with van der Waals surface area (Å²) in [5, 5.41) is 4.31. The molecule has 148 valence electrons. The Morgan fingerprint density at radius 2 is 1.85 bits per heavy atom. The van der Waals surface area contributed by atoms with Gasteiger partial charge in [0.1, 0.15) is 0 Å². The Kier molecular flexibility index (Phi) is 6.96. The maximum absolute atomic E-state index is 12.5. The first-order chi connectivity index (χ1) is 12.7. The van der Waals surface area contributed by atoms with Crippen LogP contribution in [0.3, 0.4) is 0 Å². The third-order valence-electron chi connectivity index (χ3n) is 4.63. The van der Waals surface area contributed by atoms with Crippen molar-refractivity contribution in [2.75, 3.05) is 20.3 Å². The van der Waals surface area contributed by atoms with Gasteiger partial charge in [0.25, 0.3) is 0 Å². The summed E-state index contributed by atoms with van der Waals surface area (Å²) in [4.78, 5) is 24.5. The summed E-state index contributed by atoms with van der Waals surface area (Å²) in [7, 11) is 1.65. The molecule has 0 bridgehead atoms. The Bertz CT molecular complexity index is 820. The van der Waals surface area contributed by atoms with Gasteiger partial charge in [-0.15, -0.1) is 0 Å². The topological polar surface area (TPSA) is 75.3 Å². The van der Waals surface area contributed by atoms with Crippen molar-refractivity contribution in [2.45, 2.75) is 53.6 Å². The van der Waals surface area contributed by atoms with E-state index in [0.717, 1.165) is 22.8 Å². The van der Waals surface area contributed by atoms with E-state index in [1.807, 2.05) is 46.8 Å². The molecule has 0 amide bonds. The molecule has 2 aromatic heterocycles. The van der Waals surface area contributed by atoms with Crippen LogP contribution in [0.1, 0.15) is 52.5 Å². The van der Waals surface area contributed by atoms with Crippen LogP contribution >= 0.6 is 0 Å². The summed E-state index contributed by atoms with van der Waals surface area (Å²) < 4.78 is 14.2. The fraction of sp³-hybridized carbons (Fsp3) is 0.550. The highest BCUT2D eigenvalue weighted by Crippen LogP contribution is 2.21. The van der Waals surface area contributed by atoms with Crippen molar-refractivity contribution in [1.29, 1.82) is 0 Å². The lowest BCUT2D eigenvalue weighted by atomic mass is 10.1. The Morgan fingerprint density at radius 3 is 2.44 bits per heavy atom. The van der Waals surface area contributed by atoms with Crippen molar-refractivity contribution >= 4 is 11.8 Å². The predicted molar refractivity (Wildman–Crippen MR) is 102 cm³/mol. The Labute approximate surface area is 160 Å². The Balaban J connectivity index is 1.92. The largest absolute Gasteiger partial charge is 0.457 e. The van der Waals surface area contributed by atoms with Gasteiger partial charge in [0.15, 0.2) is 6.61 Å². The summed E-state index contributed by atoms with van der Waals surface area (Å²) in [5.41, 5.74) is 4.34. The number of aryl methyl sites for hydroxylation is 4. The number of ether oxygens (including phenoxy) is 2. The average molecular weight is 375 g/mol. The number of hydrogen-bond acceptors (Lipinski definition) is 5. The van der Waals surface area contributed by atoms with Crippen LogP contribution < -0.4 is 0 Å². The highest BCUT2D eigenvalue weighted by molar-refractivity contribution is 5.99. The van der Waals surface area contributed by atoms with Crippen LogP contribution in [0, 0.1) is 27.7 Å². The van der Waals surface area contributed by atoms with Gasteiger partial charge in [0, 0.05) is 29.8 Å². The number of hydrogen-bond donors (Lipinski definition) is 0. The molecule has 0 saturated carbocycles. The van der Waals surface area contributed by atoms with Gasteiger partial charge < -0.3 is 14.0 Å². The molecular weight excluding hydrogens is 346 g/mol. The highest BCUT2D eigenvalue weighted by atomic mass is 16.5. The van der Waals surface area contributed by atoms with Crippen molar-refractivity contribution in [1.82, 2.24) is 14.3 Å². The lowest BCUT2D eigenvalue weighted by Gasteiger charge is -2.17. The normalized spacial score (nSPS) is 12.2. The minimum Gasteiger partial charge on any atom is -0.457 e. The van der Waals surface area contributed by atoms with E-state index in [-0.39, 0.29) is 24.9 Å². The summed E-state index contributed by atoms with van der Waals surface area (Å²) in [5.74, 6) is -0.601. The zero-order valence-corrected chi connectivity index (χ0v) is 17.0. The standard InChI is InChI=1S/C20H29N3O4/c1-13-9-14(2)22(21-13)8-7-20(25)27-12-19(24)18-10-15(3)23(17(18)5)16(4)11-26-6/h9-10,16H,7-8,11-12H2,1-6H3. The highest BCUT2D eigenvalue weighted by Gasteiger charge is 2.20. The number of methoxy groups -OCH3 is 1. The van der Waals surface area contributed by atoms with Gasteiger partial charge in [-0.25, -0.2) is 0 Å². The molecule has 0 aromatic carbocycles. The molecular formula is C20H29N3O4. The molecule has 2 rings (SSSR count). The number of carbonyl (C=O) groups is 2. The first-order valence-corrected chi connectivity index (χ1v) is 9.11. The number of esters is 1. The maximum Gasteiger partial charge on any atom is 0.308 e. The van der Waals surface area contributed by atoms with Crippen molar-refractivity contribution in [3.63, 3.8) is 0 Å². The van der Waals surface area contributed by atoms with Gasteiger partial charge in [-0.1, -0.05) is 0 Å². The van der Waals surface area contributed by atoms with E-state index in [4.69, 9.17) is 9.47 Å². The number of rotatable bonds is 9. The molecule has 0 spiro atoms. The smallest absolute Gasteiger partial charge is 0.308 e. The van der Waals surface area contributed by atoms with E-state index in [2.05, 4.69) is 9.67 Å². The molecule has 0 fully saturated rings. The molecule has 0 aliphatic carbocycles. The zero-order chi connectivity index (χ0) is 20.1. The van der Waals surface area contributed by atoms with Crippen LogP contribution in [0.5, 0.6) is 0 Å². The fourth-order valence-corrected chi connectivity index (χ4v) is 3.45. The summed E-state index contributed by atoms with van der Waals surface area (Å²) in [6.45, 7) is 10.5. The van der Waals surface area contributed by atoms with Crippen LogP contribution in [0.15, 0.2) is 12.1 Å². The lowest BCUT2D eigenvalue weighted by molar-refractivity contribution is -0.142. The number of carbonyl (C=O) groups excluding carboxylic acids is 2. The van der Waals surface area contributed by atoms with E-state index in [9.17, 15) is 9.59 Å². The SMILES string of the molecule is COCC(C)n1c(C)cc(C(=O)COC(=O)CCn2nc(C)cc2C)c1C. The second kappa shape index (κ2) is 8.99. The van der Waals surface area contributed by atoms with Crippen LogP contribution in [0.4, 0.5) is 0 Å². The van der Waals surface area contributed by atoms with Crippen LogP contribution in [0.25, 0.3) is 0 Å². The van der Waals surface area contributed by atoms with E-state index < -0.39 is 5.97 Å². The lowest BCUT2D eigenvalue weighted by Crippen LogP contribution is -2.18. The first kappa shape index (κ1) is 20.9. The summed E-state index contributed by atoms with van der Waals surface area (Å²) in [6, 6.07) is 3.92. The first-order valence-electron chi connectivity index (χ1n) is 9.11. The molecule has 0 N–H and O–H groups in total. The van der Waals surface area contributed by atoms with Gasteiger partial charge in [-0.3, -0.25) is 14.3 Å². The molecule has 27 heavy (non-hydrogen) atoms. The van der Waals surface area contributed by atoms with Crippen molar-refractivity contribution in [2.24, 2.45) is 0 Å². The number of Topliss-reactive ketones (excluding diaryl/α,β-unsaturated/α-hetero) is 1. The average Bonchev–Trinajstić information content (AvgIpc) is 3.08. The second-order valence-corrected chi connectivity index (χ2v) is 6.94. The van der Waals surface area contributed by atoms with Crippen molar-refractivity contribution < 1.29 is 19.1 Å². The Hall–Kier alpha value is -2.41. The molecule has 2 heterocycles. The number of nitrogens with zero attached hydrogens (tertiary/aromatic N) is 3. The molecule has 0 radical (unpaired) electrons. The van der Waals surface area contributed by atoms with Gasteiger partial charge >= 0.3 is 5.97 Å². The predicted octanol–water partition coefficient (Wildman–Crippen LogP) is 2.94. The van der Waals surface area contributed by atoms with Crippen LogP contribution in [-0.2, 0) is 20.8 Å². The van der Waals surface area contributed by atoms with Gasteiger partial charge in [0.05, 0.1) is 31.3 Å². The van der Waals surface area contributed by atoms with E-state index in [1.165, 1.54) is 0 Å². The molecule has 1 atom stereocenters. The number of ketones is 1. The van der Waals surface area contributed by atoms with Gasteiger partial charge in [-0.05, 0) is 46.8 Å². The van der Waals surface area contributed by atoms with Crippen LogP contribution in [-0.4, -0.2) is 46.4 Å². The molecule has 2 aromatic rings. The third kappa shape index (κ3) is 5.07. The van der Waals surface area contributed by atoms with E-state index in [0.29, 0.717) is 18.7 Å². The van der Waals surface area contributed by atoms with Gasteiger partial charge in [-0.2, -0.15) is 5.10 Å². The minimum absolute atomic E-state index is 0.125. The second-order valence-electron chi connectivity index (χ2n) is 6.94. The number of aromatic nitrogens is 3. The quantitative estimate of drug-likeness (QED) is 0.498. The fourth-order valence-electron chi connectivity index (χ4n) is 3.45. The third-order valence-corrected chi connectivity index (χ3v) is 4.63. The summed E-state index contributed by atoms with van der Waals surface area (Å²) in [6.07, 6.45) is 0.180. The van der Waals surface area contributed by atoms with Crippen LogP contribution in [0.2, 0.25) is 0 Å². The Morgan fingerprint density at radius 1 is 1.15 bits per heavy atom. The molecule has 7 nitrogen and oxygen atoms in total. The van der Waals surface area contributed by atoms with Gasteiger partial charge in [0.2, 0.25) is 5.78 Å². The van der Waals surface area contributed by atoms with Crippen molar-refractivity contribution in [3.05, 3.63) is 40.5 Å². The minimum atomic E-state index is -0.405. The maximum atomic E-state index is 12.5. The van der Waals surface area contributed by atoms with E-state index in [1.54, 1.807) is 11.8 Å². The van der Waals surface area contributed by atoms with E-state index >= 15 is 0 Å². The zero-order valence-electron chi connectivity index (χ0n) is 17.0. The molecule has 7 heteroatoms. The molecule has 0 saturated heterocycles. The monoisotopic (exact) mass is 375 g/mol. The summed E-state index contributed by atoms with van der Waals surface area (Å²) >= 11 is 0. The molecule has 1 unspecified atom stereocenters. The van der Waals surface area contributed by atoms with Crippen molar-refractivity contribution in [3.8, 4) is 0 Å². The molecule has 0 aliphatic heterocycles.